The third kappa shape index (κ3) is 3.09. The van der Waals surface area contributed by atoms with E-state index in [0.717, 1.165) is 24.3 Å². The minimum atomic E-state index is -0.0787. The zero-order chi connectivity index (χ0) is 13.0. The highest BCUT2D eigenvalue weighted by Gasteiger charge is 2.23. The minimum absolute atomic E-state index is 0.0262. The highest BCUT2D eigenvalue weighted by atomic mass is 16.3. The normalized spacial score (nSPS) is 17.7. The van der Waals surface area contributed by atoms with Crippen molar-refractivity contribution in [3.63, 3.8) is 0 Å². The van der Waals surface area contributed by atoms with Gasteiger partial charge >= 0.3 is 0 Å². The molecule has 98 valence electrons. The number of nitrogens with one attached hydrogen (secondary N) is 1. The maximum Gasteiger partial charge on any atom is 0.241 e. The Morgan fingerprint density at radius 2 is 1.94 bits per heavy atom. The van der Waals surface area contributed by atoms with Crippen LogP contribution in [0.3, 0.4) is 0 Å². The molecule has 1 unspecified atom stereocenters. The van der Waals surface area contributed by atoms with Crippen molar-refractivity contribution >= 4 is 11.6 Å². The predicted octanol–water partition coefficient (Wildman–Crippen LogP) is 1.60. The quantitative estimate of drug-likeness (QED) is 0.851. The number of benzene rings is 1. The van der Waals surface area contributed by atoms with Crippen molar-refractivity contribution in [3.05, 3.63) is 29.8 Å². The number of carbonyl (C=O) groups excluding carboxylic acids is 1. The lowest BCUT2D eigenvalue weighted by atomic mass is 10.2. The Kier molecular flexibility index (Phi) is 4.33. The zero-order valence-electron chi connectivity index (χ0n) is 10.7. The van der Waals surface area contributed by atoms with Crippen LogP contribution in [-0.4, -0.2) is 35.0 Å². The molecule has 1 atom stereocenters. The maximum absolute atomic E-state index is 12.1. The molecule has 4 nitrogen and oxygen atoms in total. The summed E-state index contributed by atoms with van der Waals surface area (Å²) in [5.41, 5.74) is 1.63. The summed E-state index contributed by atoms with van der Waals surface area (Å²) in [7, 11) is 0. The van der Waals surface area contributed by atoms with Gasteiger partial charge in [0.05, 0.1) is 12.6 Å². The fraction of sp³-hybridized carbons (Fsp3) is 0.500. The maximum atomic E-state index is 12.1. The van der Waals surface area contributed by atoms with Gasteiger partial charge < -0.3 is 10.4 Å². The van der Waals surface area contributed by atoms with E-state index < -0.39 is 0 Å². The molecule has 2 N–H and O–H groups in total. The fourth-order valence-electron chi connectivity index (χ4n) is 2.23. The molecule has 1 aromatic rings. The van der Waals surface area contributed by atoms with E-state index in [4.69, 9.17) is 5.11 Å². The van der Waals surface area contributed by atoms with E-state index in [-0.39, 0.29) is 18.6 Å². The molecule has 0 aromatic heterocycles. The Bertz CT molecular complexity index is 397. The van der Waals surface area contributed by atoms with Gasteiger partial charge in [0, 0.05) is 5.69 Å². The highest BCUT2D eigenvalue weighted by molar-refractivity contribution is 5.94. The van der Waals surface area contributed by atoms with E-state index in [1.807, 2.05) is 31.2 Å². The van der Waals surface area contributed by atoms with Gasteiger partial charge in [0.1, 0.15) is 0 Å². The summed E-state index contributed by atoms with van der Waals surface area (Å²) in [6.45, 7) is 4.00. The van der Waals surface area contributed by atoms with Gasteiger partial charge in [-0.2, -0.15) is 0 Å². The summed E-state index contributed by atoms with van der Waals surface area (Å²) in [5.74, 6) is 0.0358. The van der Waals surface area contributed by atoms with E-state index in [2.05, 4.69) is 10.2 Å². The first-order valence-corrected chi connectivity index (χ1v) is 6.45. The molecule has 1 aliphatic rings. The van der Waals surface area contributed by atoms with Crippen LogP contribution in [0.2, 0.25) is 0 Å². The van der Waals surface area contributed by atoms with Crippen LogP contribution in [0, 0.1) is 0 Å². The second-order valence-corrected chi connectivity index (χ2v) is 4.76. The Morgan fingerprint density at radius 1 is 1.33 bits per heavy atom. The molecule has 2 rings (SSSR count). The summed E-state index contributed by atoms with van der Waals surface area (Å²) in [6.07, 6.45) is 2.37. The van der Waals surface area contributed by atoms with Crippen LogP contribution in [-0.2, 0) is 11.4 Å². The molecule has 0 radical (unpaired) electrons. The van der Waals surface area contributed by atoms with Gasteiger partial charge in [0.15, 0.2) is 0 Å². The van der Waals surface area contributed by atoms with Crippen LogP contribution >= 0.6 is 0 Å². The van der Waals surface area contributed by atoms with Gasteiger partial charge in [-0.15, -0.1) is 0 Å². The number of hydrogen-bond donors (Lipinski definition) is 2. The van der Waals surface area contributed by atoms with Gasteiger partial charge in [0.25, 0.3) is 0 Å². The fourth-order valence-corrected chi connectivity index (χ4v) is 2.23. The third-order valence-electron chi connectivity index (χ3n) is 3.47. The van der Waals surface area contributed by atoms with Crippen molar-refractivity contribution in [3.8, 4) is 0 Å². The number of aliphatic hydroxyl groups excluding tert-OH is 1. The number of hydrogen-bond acceptors (Lipinski definition) is 3. The van der Waals surface area contributed by atoms with E-state index in [1.165, 1.54) is 12.8 Å². The lowest BCUT2D eigenvalue weighted by Gasteiger charge is -2.22. The van der Waals surface area contributed by atoms with Crippen molar-refractivity contribution in [1.82, 2.24) is 4.90 Å². The van der Waals surface area contributed by atoms with Gasteiger partial charge in [-0.3, -0.25) is 9.69 Å². The number of nitrogens with zero attached hydrogens (tertiary/aromatic N) is 1. The van der Waals surface area contributed by atoms with Crippen molar-refractivity contribution in [1.29, 1.82) is 0 Å². The number of amides is 1. The van der Waals surface area contributed by atoms with E-state index >= 15 is 0 Å². The number of rotatable bonds is 4. The third-order valence-corrected chi connectivity index (χ3v) is 3.47. The molecule has 4 heteroatoms. The molecule has 1 aliphatic heterocycles. The molecule has 1 saturated heterocycles. The molecule has 0 bridgehead atoms. The molecule has 1 heterocycles. The molecule has 0 aliphatic carbocycles. The molecule has 1 aromatic carbocycles. The van der Waals surface area contributed by atoms with Gasteiger partial charge in [0.2, 0.25) is 5.91 Å². The molecular formula is C14H20N2O2. The molecule has 1 fully saturated rings. The molecule has 0 spiro atoms. The first kappa shape index (κ1) is 13.1. The molecular weight excluding hydrogens is 228 g/mol. The zero-order valence-corrected chi connectivity index (χ0v) is 10.7. The molecule has 18 heavy (non-hydrogen) atoms. The van der Waals surface area contributed by atoms with E-state index in [9.17, 15) is 4.79 Å². The lowest BCUT2D eigenvalue weighted by Crippen LogP contribution is -2.40. The van der Waals surface area contributed by atoms with Crippen LogP contribution in [0.25, 0.3) is 0 Å². The SMILES string of the molecule is CC(C(=O)Nc1ccc(CO)cc1)N1CCCC1. The van der Waals surface area contributed by atoms with Crippen LogP contribution in [0.1, 0.15) is 25.3 Å². The smallest absolute Gasteiger partial charge is 0.241 e. The Hall–Kier alpha value is -1.39. The molecule has 1 amide bonds. The van der Waals surface area contributed by atoms with Gasteiger partial charge in [-0.05, 0) is 50.6 Å². The summed E-state index contributed by atoms with van der Waals surface area (Å²) in [5, 5.41) is 11.9. The van der Waals surface area contributed by atoms with Crippen molar-refractivity contribution < 1.29 is 9.90 Å². The first-order chi connectivity index (χ1) is 8.70. The Balaban J connectivity index is 1.93. The van der Waals surface area contributed by atoms with E-state index in [0.29, 0.717) is 0 Å². The number of aliphatic hydroxyl groups is 1. The minimum Gasteiger partial charge on any atom is -0.392 e. The lowest BCUT2D eigenvalue weighted by molar-refractivity contribution is -0.120. The summed E-state index contributed by atoms with van der Waals surface area (Å²) < 4.78 is 0. The van der Waals surface area contributed by atoms with Crippen LogP contribution in [0.4, 0.5) is 5.69 Å². The Morgan fingerprint density at radius 3 is 2.50 bits per heavy atom. The predicted molar refractivity (Wildman–Crippen MR) is 71.3 cm³/mol. The first-order valence-electron chi connectivity index (χ1n) is 6.45. The van der Waals surface area contributed by atoms with Crippen molar-refractivity contribution in [2.24, 2.45) is 0 Å². The average Bonchev–Trinajstić information content (AvgIpc) is 2.92. The van der Waals surface area contributed by atoms with Crippen molar-refractivity contribution in [2.75, 3.05) is 18.4 Å². The van der Waals surface area contributed by atoms with Gasteiger partial charge in [-0.1, -0.05) is 12.1 Å². The number of carbonyl (C=O) groups is 1. The summed E-state index contributed by atoms with van der Waals surface area (Å²) in [6, 6.07) is 7.19. The van der Waals surface area contributed by atoms with Crippen LogP contribution in [0.15, 0.2) is 24.3 Å². The monoisotopic (exact) mass is 248 g/mol. The van der Waals surface area contributed by atoms with Crippen LogP contribution < -0.4 is 5.32 Å². The number of anilines is 1. The standard InChI is InChI=1S/C14H20N2O2/c1-11(16-8-2-3-9-16)14(18)15-13-6-4-12(10-17)5-7-13/h4-7,11,17H,2-3,8-10H2,1H3,(H,15,18). The largest absolute Gasteiger partial charge is 0.392 e. The Labute approximate surface area is 108 Å². The van der Waals surface area contributed by atoms with E-state index in [1.54, 1.807) is 0 Å². The average molecular weight is 248 g/mol. The second-order valence-electron chi connectivity index (χ2n) is 4.76. The summed E-state index contributed by atoms with van der Waals surface area (Å²) in [4.78, 5) is 14.3. The van der Waals surface area contributed by atoms with Crippen LogP contribution in [0.5, 0.6) is 0 Å². The highest BCUT2D eigenvalue weighted by Crippen LogP contribution is 2.14. The molecule has 0 saturated carbocycles. The summed E-state index contributed by atoms with van der Waals surface area (Å²) >= 11 is 0. The van der Waals surface area contributed by atoms with Crippen molar-refractivity contribution in [2.45, 2.75) is 32.4 Å². The second kappa shape index (κ2) is 5.98. The topological polar surface area (TPSA) is 52.6 Å². The number of likely N-dealkylation sites (tertiary alicyclic amines) is 1. The van der Waals surface area contributed by atoms with Gasteiger partial charge in [-0.25, -0.2) is 0 Å².